The summed E-state index contributed by atoms with van der Waals surface area (Å²) in [5, 5.41) is 3.05. The van der Waals surface area contributed by atoms with Gasteiger partial charge in [0.05, 0.1) is 0 Å². The number of carbonyl (C=O) groups excluding carboxylic acids is 1. The Balaban J connectivity index is 1.30. The molecule has 3 heterocycles. The van der Waals surface area contributed by atoms with Crippen LogP contribution in [0.25, 0.3) is 0 Å². The predicted octanol–water partition coefficient (Wildman–Crippen LogP) is 2.38. The number of amides is 2. The summed E-state index contributed by atoms with van der Waals surface area (Å²) < 4.78 is 0. The van der Waals surface area contributed by atoms with Gasteiger partial charge in [0.25, 0.3) is 0 Å². The fraction of sp³-hybridized carbons (Fsp3) is 0.647. The Kier molecular flexibility index (Phi) is 3.64. The maximum Gasteiger partial charge on any atom is 0.317 e. The van der Waals surface area contributed by atoms with E-state index in [1.807, 2.05) is 11.1 Å². The van der Waals surface area contributed by atoms with Gasteiger partial charge in [-0.25, -0.2) is 9.78 Å². The quantitative estimate of drug-likeness (QED) is 0.932. The first-order valence-electron chi connectivity index (χ1n) is 8.55. The number of nitrogens with zero attached hydrogens (tertiary/aromatic N) is 3. The van der Waals surface area contributed by atoms with Crippen LogP contribution in [0.15, 0.2) is 18.3 Å². The molecule has 2 aliphatic heterocycles. The molecule has 0 radical (unpaired) electrons. The summed E-state index contributed by atoms with van der Waals surface area (Å²) in [4.78, 5) is 21.2. The van der Waals surface area contributed by atoms with Gasteiger partial charge in [-0.05, 0) is 49.7 Å². The van der Waals surface area contributed by atoms with Crippen molar-refractivity contribution in [1.82, 2.24) is 15.2 Å². The molecule has 1 aliphatic carbocycles. The Morgan fingerprint density at radius 2 is 2.09 bits per heavy atom. The second kappa shape index (κ2) is 5.78. The van der Waals surface area contributed by atoms with Crippen LogP contribution in [0.4, 0.5) is 10.6 Å². The Morgan fingerprint density at radius 3 is 2.86 bits per heavy atom. The number of hydrogen-bond donors (Lipinski definition) is 1. The van der Waals surface area contributed by atoms with Crippen LogP contribution >= 0.6 is 0 Å². The first-order chi connectivity index (χ1) is 10.8. The van der Waals surface area contributed by atoms with Crippen molar-refractivity contribution in [3.63, 3.8) is 0 Å². The summed E-state index contributed by atoms with van der Waals surface area (Å²) in [6.45, 7) is 3.71. The molecule has 118 valence electrons. The standard InChI is InChI=1S/C17H24N4O/c22-17(21-9-3-4-14-10-15(14)21)19-12-13-5-6-16(18-11-13)20-7-1-2-8-20/h5-6,11,14-15H,1-4,7-10,12H2,(H,19,22). The summed E-state index contributed by atoms with van der Waals surface area (Å²) in [6.07, 6.45) is 8.08. The normalized spacial score (nSPS) is 26.7. The molecular formula is C17H24N4O. The fourth-order valence-electron chi connectivity index (χ4n) is 3.80. The van der Waals surface area contributed by atoms with E-state index in [0.29, 0.717) is 12.6 Å². The molecule has 1 aromatic heterocycles. The average Bonchev–Trinajstić information content (AvgIpc) is 3.16. The third-order valence-electron chi connectivity index (χ3n) is 5.20. The van der Waals surface area contributed by atoms with Gasteiger partial charge in [-0.3, -0.25) is 0 Å². The largest absolute Gasteiger partial charge is 0.357 e. The maximum atomic E-state index is 12.3. The third kappa shape index (κ3) is 2.76. The molecule has 3 fully saturated rings. The van der Waals surface area contributed by atoms with Crippen molar-refractivity contribution in [2.24, 2.45) is 5.92 Å². The smallest absolute Gasteiger partial charge is 0.317 e. The van der Waals surface area contributed by atoms with Crippen LogP contribution in [0.1, 0.15) is 37.7 Å². The van der Waals surface area contributed by atoms with Gasteiger partial charge in [-0.1, -0.05) is 6.07 Å². The highest BCUT2D eigenvalue weighted by atomic mass is 16.2. The van der Waals surface area contributed by atoms with Gasteiger partial charge >= 0.3 is 6.03 Å². The molecule has 0 aromatic carbocycles. The van der Waals surface area contributed by atoms with E-state index in [0.717, 1.165) is 43.4 Å². The lowest BCUT2D eigenvalue weighted by Gasteiger charge is -2.26. The molecule has 2 atom stereocenters. The number of rotatable bonds is 3. The van der Waals surface area contributed by atoms with E-state index in [4.69, 9.17) is 0 Å². The van der Waals surface area contributed by atoms with Crippen molar-refractivity contribution in [2.45, 2.75) is 44.7 Å². The van der Waals surface area contributed by atoms with E-state index < -0.39 is 0 Å². The minimum Gasteiger partial charge on any atom is -0.357 e. The highest BCUT2D eigenvalue weighted by Gasteiger charge is 2.45. The number of aromatic nitrogens is 1. The molecule has 22 heavy (non-hydrogen) atoms. The number of piperidine rings is 1. The first kappa shape index (κ1) is 13.9. The summed E-state index contributed by atoms with van der Waals surface area (Å²) in [6, 6.07) is 4.77. The lowest BCUT2D eigenvalue weighted by atomic mass is 10.1. The minimum absolute atomic E-state index is 0.0934. The monoisotopic (exact) mass is 300 g/mol. The minimum atomic E-state index is 0.0934. The summed E-state index contributed by atoms with van der Waals surface area (Å²) in [5.74, 6) is 1.84. The van der Waals surface area contributed by atoms with E-state index in [2.05, 4.69) is 27.3 Å². The number of nitrogens with one attached hydrogen (secondary N) is 1. The molecule has 1 N–H and O–H groups in total. The average molecular weight is 300 g/mol. The number of fused-ring (bicyclic) bond motifs is 1. The second-order valence-corrected chi connectivity index (χ2v) is 6.78. The van der Waals surface area contributed by atoms with E-state index in [-0.39, 0.29) is 6.03 Å². The lowest BCUT2D eigenvalue weighted by Crippen LogP contribution is -2.43. The number of anilines is 1. The molecule has 0 bridgehead atoms. The zero-order valence-electron chi connectivity index (χ0n) is 13.0. The maximum absolute atomic E-state index is 12.3. The van der Waals surface area contributed by atoms with E-state index in [1.54, 1.807) is 0 Å². The molecular weight excluding hydrogens is 276 g/mol. The van der Waals surface area contributed by atoms with Gasteiger partial charge in [-0.15, -0.1) is 0 Å². The lowest BCUT2D eigenvalue weighted by molar-refractivity contribution is 0.181. The Bertz CT molecular complexity index is 538. The molecule has 5 nitrogen and oxygen atoms in total. The van der Waals surface area contributed by atoms with Gasteiger partial charge in [-0.2, -0.15) is 0 Å². The number of carbonyl (C=O) groups is 1. The van der Waals surface area contributed by atoms with E-state index >= 15 is 0 Å². The molecule has 3 aliphatic rings. The van der Waals surface area contributed by atoms with E-state index in [9.17, 15) is 4.79 Å². The molecule has 5 heteroatoms. The zero-order valence-corrected chi connectivity index (χ0v) is 13.0. The molecule has 4 rings (SSSR count). The topological polar surface area (TPSA) is 48.5 Å². The molecule has 0 spiro atoms. The van der Waals surface area contributed by atoms with Crippen molar-refractivity contribution < 1.29 is 4.79 Å². The Hall–Kier alpha value is -1.78. The van der Waals surface area contributed by atoms with E-state index in [1.165, 1.54) is 25.7 Å². The summed E-state index contributed by atoms with van der Waals surface area (Å²) in [5.41, 5.74) is 1.07. The van der Waals surface area contributed by atoms with Crippen molar-refractivity contribution in [3.8, 4) is 0 Å². The van der Waals surface area contributed by atoms with Gasteiger partial charge in [0.1, 0.15) is 5.82 Å². The number of likely N-dealkylation sites (tertiary alicyclic amines) is 1. The van der Waals surface area contributed by atoms with Gasteiger partial charge in [0.15, 0.2) is 0 Å². The van der Waals surface area contributed by atoms with Crippen molar-refractivity contribution >= 4 is 11.8 Å². The highest BCUT2D eigenvalue weighted by Crippen LogP contribution is 2.42. The molecule has 2 amide bonds. The Morgan fingerprint density at radius 1 is 1.23 bits per heavy atom. The van der Waals surface area contributed by atoms with Crippen LogP contribution in [0.3, 0.4) is 0 Å². The van der Waals surface area contributed by atoms with Crippen LogP contribution in [0.5, 0.6) is 0 Å². The summed E-state index contributed by atoms with van der Waals surface area (Å²) >= 11 is 0. The SMILES string of the molecule is O=C(NCc1ccc(N2CCCC2)nc1)N1CCCC2CC21. The molecule has 2 saturated heterocycles. The van der Waals surface area contributed by atoms with Crippen molar-refractivity contribution in [2.75, 3.05) is 24.5 Å². The van der Waals surface area contributed by atoms with Crippen molar-refractivity contribution in [1.29, 1.82) is 0 Å². The zero-order chi connectivity index (χ0) is 14.9. The van der Waals surface area contributed by atoms with Crippen LogP contribution in [-0.2, 0) is 6.54 Å². The van der Waals surface area contributed by atoms with Gasteiger partial charge in [0.2, 0.25) is 0 Å². The van der Waals surface area contributed by atoms with Crippen LogP contribution < -0.4 is 10.2 Å². The van der Waals surface area contributed by atoms with Crippen molar-refractivity contribution in [3.05, 3.63) is 23.9 Å². The number of urea groups is 1. The van der Waals surface area contributed by atoms with Gasteiger partial charge in [0, 0.05) is 38.4 Å². The predicted molar refractivity (Wildman–Crippen MR) is 85.8 cm³/mol. The molecule has 1 saturated carbocycles. The first-order valence-corrected chi connectivity index (χ1v) is 8.55. The highest BCUT2D eigenvalue weighted by molar-refractivity contribution is 5.75. The molecule has 1 aromatic rings. The fourth-order valence-corrected chi connectivity index (χ4v) is 3.80. The van der Waals surface area contributed by atoms with Crippen LogP contribution in [0, 0.1) is 5.92 Å². The third-order valence-corrected chi connectivity index (χ3v) is 5.20. The number of hydrogen-bond acceptors (Lipinski definition) is 3. The Labute approximate surface area is 131 Å². The summed E-state index contributed by atoms with van der Waals surface area (Å²) in [7, 11) is 0. The van der Waals surface area contributed by atoms with Crippen LogP contribution in [0.2, 0.25) is 0 Å². The second-order valence-electron chi connectivity index (χ2n) is 6.78. The van der Waals surface area contributed by atoms with Gasteiger partial charge < -0.3 is 15.1 Å². The van der Waals surface area contributed by atoms with Crippen LogP contribution in [-0.4, -0.2) is 41.6 Å². The number of pyridine rings is 1. The molecule has 2 unspecified atom stereocenters.